The molecule has 1 aliphatic rings. The zero-order valence-electron chi connectivity index (χ0n) is 11.5. The van der Waals surface area contributed by atoms with Crippen LogP contribution in [0.1, 0.15) is 58.8 Å². The molecule has 0 aromatic rings. The van der Waals surface area contributed by atoms with Crippen LogP contribution in [0.4, 0.5) is 0 Å². The number of rotatable bonds is 9. The summed E-state index contributed by atoms with van der Waals surface area (Å²) in [5.41, 5.74) is 0. The molecule has 0 N–H and O–H groups in total. The third kappa shape index (κ3) is 7.74. The standard InChI is InChI=1S/C14H28O3/c1-3-4-5-6-8-13(2)15-12-9-14-16-10-7-11-17-14/h13-14H,3-12H2,1-2H3. The Morgan fingerprint density at radius 2 is 1.94 bits per heavy atom. The summed E-state index contributed by atoms with van der Waals surface area (Å²) in [5, 5.41) is 0. The summed E-state index contributed by atoms with van der Waals surface area (Å²) in [6.07, 6.45) is 8.65. The Morgan fingerprint density at radius 3 is 2.65 bits per heavy atom. The fourth-order valence-electron chi connectivity index (χ4n) is 2.01. The van der Waals surface area contributed by atoms with Crippen molar-refractivity contribution in [3.63, 3.8) is 0 Å². The maximum atomic E-state index is 5.76. The lowest BCUT2D eigenvalue weighted by Gasteiger charge is -2.23. The van der Waals surface area contributed by atoms with Gasteiger partial charge in [-0.2, -0.15) is 0 Å². The van der Waals surface area contributed by atoms with Gasteiger partial charge in [0.1, 0.15) is 0 Å². The molecule has 0 bridgehead atoms. The van der Waals surface area contributed by atoms with E-state index in [1.807, 2.05) is 0 Å². The molecule has 1 aliphatic heterocycles. The lowest BCUT2D eigenvalue weighted by Crippen LogP contribution is -2.26. The molecule has 1 rings (SSSR count). The van der Waals surface area contributed by atoms with Gasteiger partial charge in [-0.25, -0.2) is 0 Å². The maximum Gasteiger partial charge on any atom is 0.159 e. The van der Waals surface area contributed by atoms with Crippen LogP contribution in [0.3, 0.4) is 0 Å². The van der Waals surface area contributed by atoms with E-state index >= 15 is 0 Å². The van der Waals surface area contributed by atoms with Crippen molar-refractivity contribution < 1.29 is 14.2 Å². The van der Waals surface area contributed by atoms with Crippen LogP contribution in [0.25, 0.3) is 0 Å². The number of hydrogen-bond acceptors (Lipinski definition) is 3. The van der Waals surface area contributed by atoms with Crippen LogP contribution < -0.4 is 0 Å². The number of hydrogen-bond donors (Lipinski definition) is 0. The summed E-state index contributed by atoms with van der Waals surface area (Å²) < 4.78 is 16.7. The fraction of sp³-hybridized carbons (Fsp3) is 1.00. The zero-order chi connectivity index (χ0) is 12.3. The van der Waals surface area contributed by atoms with Gasteiger partial charge in [-0.05, 0) is 19.8 Å². The third-order valence-corrected chi connectivity index (χ3v) is 3.12. The van der Waals surface area contributed by atoms with Crippen molar-refractivity contribution >= 4 is 0 Å². The van der Waals surface area contributed by atoms with Crippen molar-refractivity contribution in [3.8, 4) is 0 Å². The van der Waals surface area contributed by atoms with Crippen molar-refractivity contribution in [2.24, 2.45) is 0 Å². The second-order valence-electron chi connectivity index (χ2n) is 4.84. The minimum Gasteiger partial charge on any atom is -0.378 e. The highest BCUT2D eigenvalue weighted by atomic mass is 16.7. The first-order valence-electron chi connectivity index (χ1n) is 7.17. The quantitative estimate of drug-likeness (QED) is 0.581. The largest absolute Gasteiger partial charge is 0.378 e. The van der Waals surface area contributed by atoms with Crippen molar-refractivity contribution in [3.05, 3.63) is 0 Å². The Hall–Kier alpha value is -0.120. The summed E-state index contributed by atoms with van der Waals surface area (Å²) in [6, 6.07) is 0. The fourth-order valence-corrected chi connectivity index (χ4v) is 2.01. The molecule has 1 heterocycles. The number of ether oxygens (including phenoxy) is 3. The van der Waals surface area contributed by atoms with Crippen LogP contribution in [0.5, 0.6) is 0 Å². The first-order chi connectivity index (χ1) is 8.33. The van der Waals surface area contributed by atoms with E-state index < -0.39 is 0 Å². The molecule has 0 spiro atoms. The average Bonchev–Trinajstić information content (AvgIpc) is 2.36. The Morgan fingerprint density at radius 1 is 1.18 bits per heavy atom. The molecule has 0 aliphatic carbocycles. The lowest BCUT2D eigenvalue weighted by atomic mass is 10.1. The summed E-state index contributed by atoms with van der Waals surface area (Å²) in [4.78, 5) is 0. The molecule has 3 nitrogen and oxygen atoms in total. The normalized spacial score (nSPS) is 19.4. The molecule has 0 aromatic carbocycles. The Balaban J connectivity index is 1.90. The summed E-state index contributed by atoms with van der Waals surface area (Å²) >= 11 is 0. The van der Waals surface area contributed by atoms with E-state index in [1.165, 1.54) is 32.1 Å². The summed E-state index contributed by atoms with van der Waals surface area (Å²) in [7, 11) is 0. The van der Waals surface area contributed by atoms with Gasteiger partial charge in [0.25, 0.3) is 0 Å². The number of unbranched alkanes of at least 4 members (excludes halogenated alkanes) is 3. The van der Waals surface area contributed by atoms with Crippen LogP contribution >= 0.6 is 0 Å². The highest BCUT2D eigenvalue weighted by Crippen LogP contribution is 2.11. The monoisotopic (exact) mass is 244 g/mol. The van der Waals surface area contributed by atoms with Gasteiger partial charge in [-0.3, -0.25) is 0 Å². The molecule has 1 atom stereocenters. The van der Waals surface area contributed by atoms with Gasteiger partial charge < -0.3 is 14.2 Å². The Bertz CT molecular complexity index is 167. The summed E-state index contributed by atoms with van der Waals surface area (Å²) in [6.45, 7) is 6.81. The molecule has 3 heteroatoms. The molecule has 0 saturated carbocycles. The van der Waals surface area contributed by atoms with Gasteiger partial charge in [-0.15, -0.1) is 0 Å². The molecule has 0 amide bonds. The zero-order valence-corrected chi connectivity index (χ0v) is 11.5. The Labute approximate surface area is 106 Å². The summed E-state index contributed by atoms with van der Waals surface area (Å²) in [5.74, 6) is 0. The van der Waals surface area contributed by atoms with Gasteiger partial charge in [0.15, 0.2) is 6.29 Å². The van der Waals surface area contributed by atoms with E-state index in [0.29, 0.717) is 6.10 Å². The van der Waals surface area contributed by atoms with Crippen molar-refractivity contribution in [2.45, 2.75) is 71.2 Å². The predicted molar refractivity (Wildman–Crippen MR) is 69.1 cm³/mol. The predicted octanol–water partition coefficient (Wildman–Crippen LogP) is 3.52. The van der Waals surface area contributed by atoms with Gasteiger partial charge in [0.2, 0.25) is 0 Å². The van der Waals surface area contributed by atoms with Crippen molar-refractivity contribution in [1.29, 1.82) is 0 Å². The van der Waals surface area contributed by atoms with Crippen LogP contribution in [-0.4, -0.2) is 32.2 Å². The smallest absolute Gasteiger partial charge is 0.159 e. The molecular weight excluding hydrogens is 216 g/mol. The van der Waals surface area contributed by atoms with E-state index in [0.717, 1.165) is 32.7 Å². The maximum absolute atomic E-state index is 5.76. The highest BCUT2D eigenvalue weighted by molar-refractivity contribution is 4.55. The van der Waals surface area contributed by atoms with Crippen molar-refractivity contribution in [1.82, 2.24) is 0 Å². The van der Waals surface area contributed by atoms with E-state index in [2.05, 4.69) is 13.8 Å². The molecule has 1 saturated heterocycles. The van der Waals surface area contributed by atoms with E-state index in [1.54, 1.807) is 0 Å². The molecule has 1 unspecified atom stereocenters. The van der Waals surface area contributed by atoms with E-state index in [4.69, 9.17) is 14.2 Å². The van der Waals surface area contributed by atoms with Gasteiger partial charge in [0.05, 0.1) is 25.9 Å². The molecule has 17 heavy (non-hydrogen) atoms. The van der Waals surface area contributed by atoms with Crippen LogP contribution in [0.15, 0.2) is 0 Å². The first kappa shape index (κ1) is 14.9. The molecular formula is C14H28O3. The third-order valence-electron chi connectivity index (χ3n) is 3.12. The molecule has 102 valence electrons. The van der Waals surface area contributed by atoms with Gasteiger partial charge >= 0.3 is 0 Å². The average molecular weight is 244 g/mol. The Kier molecular flexibility index (Phi) is 8.67. The minimum atomic E-state index is -0.0314. The first-order valence-corrected chi connectivity index (χ1v) is 7.17. The minimum absolute atomic E-state index is 0.0314. The highest BCUT2D eigenvalue weighted by Gasteiger charge is 2.14. The van der Waals surface area contributed by atoms with Crippen LogP contribution in [0.2, 0.25) is 0 Å². The lowest BCUT2D eigenvalue weighted by molar-refractivity contribution is -0.187. The topological polar surface area (TPSA) is 27.7 Å². The molecule has 0 radical (unpaired) electrons. The van der Waals surface area contributed by atoms with E-state index in [-0.39, 0.29) is 6.29 Å². The second-order valence-corrected chi connectivity index (χ2v) is 4.84. The molecule has 0 aromatic heterocycles. The second kappa shape index (κ2) is 9.86. The van der Waals surface area contributed by atoms with Gasteiger partial charge in [-0.1, -0.05) is 32.6 Å². The van der Waals surface area contributed by atoms with E-state index in [9.17, 15) is 0 Å². The van der Waals surface area contributed by atoms with Crippen LogP contribution in [-0.2, 0) is 14.2 Å². The van der Waals surface area contributed by atoms with Crippen molar-refractivity contribution in [2.75, 3.05) is 19.8 Å². The SMILES string of the molecule is CCCCCCC(C)OCCC1OCCCO1. The van der Waals surface area contributed by atoms with Crippen LogP contribution in [0, 0.1) is 0 Å². The van der Waals surface area contributed by atoms with Gasteiger partial charge in [0, 0.05) is 6.42 Å². The molecule has 1 fully saturated rings.